The SMILES string of the molecule is CC(C)(C)[Si](C)(C)OCCCOc1cc(I)c2c(c1)CNC2=O. The van der Waals surface area contributed by atoms with Gasteiger partial charge in [0.25, 0.3) is 5.91 Å². The van der Waals surface area contributed by atoms with Crippen molar-refractivity contribution >= 4 is 36.8 Å². The van der Waals surface area contributed by atoms with E-state index in [4.69, 9.17) is 9.16 Å². The van der Waals surface area contributed by atoms with Crippen molar-refractivity contribution in [2.45, 2.75) is 51.9 Å². The Morgan fingerprint density at radius 2 is 1.96 bits per heavy atom. The van der Waals surface area contributed by atoms with Crippen LogP contribution in [0.4, 0.5) is 0 Å². The topological polar surface area (TPSA) is 47.6 Å². The summed E-state index contributed by atoms with van der Waals surface area (Å²) in [4.78, 5) is 11.7. The van der Waals surface area contributed by atoms with Crippen LogP contribution >= 0.6 is 22.6 Å². The summed E-state index contributed by atoms with van der Waals surface area (Å²) < 4.78 is 12.9. The van der Waals surface area contributed by atoms with Gasteiger partial charge in [-0.2, -0.15) is 0 Å². The van der Waals surface area contributed by atoms with Crippen LogP contribution in [0.5, 0.6) is 5.75 Å². The fourth-order valence-corrected chi connectivity index (χ4v) is 4.16. The van der Waals surface area contributed by atoms with Crippen LogP contribution < -0.4 is 10.1 Å². The Kier molecular flexibility index (Phi) is 5.79. The number of nitrogens with one attached hydrogen (secondary N) is 1. The molecule has 0 spiro atoms. The van der Waals surface area contributed by atoms with Gasteiger partial charge in [0.05, 0.1) is 12.2 Å². The molecule has 1 N–H and O–H groups in total. The summed E-state index contributed by atoms with van der Waals surface area (Å²) in [6.45, 7) is 13.2. The fourth-order valence-electron chi connectivity index (χ4n) is 2.17. The fraction of sp³-hybridized carbons (Fsp3) is 0.588. The highest BCUT2D eigenvalue weighted by Crippen LogP contribution is 2.36. The molecular weight excluding hydrogens is 421 g/mol. The van der Waals surface area contributed by atoms with E-state index in [-0.39, 0.29) is 10.9 Å². The number of benzene rings is 1. The average Bonchev–Trinajstić information content (AvgIpc) is 2.79. The molecule has 0 aromatic heterocycles. The molecule has 0 saturated carbocycles. The molecule has 6 heteroatoms. The Labute approximate surface area is 153 Å². The van der Waals surface area contributed by atoms with Crippen LogP contribution in [-0.4, -0.2) is 27.4 Å². The summed E-state index contributed by atoms with van der Waals surface area (Å²) in [6.07, 6.45) is 0.872. The zero-order chi connectivity index (χ0) is 17.3. The number of halogens is 1. The van der Waals surface area contributed by atoms with Crippen LogP contribution in [0.25, 0.3) is 0 Å². The van der Waals surface area contributed by atoms with E-state index in [0.717, 1.165) is 33.5 Å². The Bertz CT molecular complexity index is 596. The lowest BCUT2D eigenvalue weighted by Crippen LogP contribution is -2.41. The summed E-state index contributed by atoms with van der Waals surface area (Å²) in [5.74, 6) is 0.843. The summed E-state index contributed by atoms with van der Waals surface area (Å²) in [5, 5.41) is 3.08. The number of ether oxygens (including phenoxy) is 1. The van der Waals surface area contributed by atoms with Crippen LogP contribution in [-0.2, 0) is 11.0 Å². The van der Waals surface area contributed by atoms with Gasteiger partial charge >= 0.3 is 0 Å². The highest BCUT2D eigenvalue weighted by atomic mass is 127. The van der Waals surface area contributed by atoms with E-state index in [9.17, 15) is 4.79 Å². The minimum absolute atomic E-state index is 0.0127. The van der Waals surface area contributed by atoms with Gasteiger partial charge in [-0.15, -0.1) is 0 Å². The van der Waals surface area contributed by atoms with Gasteiger partial charge in [-0.1, -0.05) is 20.8 Å². The van der Waals surface area contributed by atoms with Crippen molar-refractivity contribution in [2.24, 2.45) is 0 Å². The summed E-state index contributed by atoms with van der Waals surface area (Å²) in [6, 6.07) is 3.89. The van der Waals surface area contributed by atoms with Crippen molar-refractivity contribution in [3.05, 3.63) is 26.8 Å². The zero-order valence-corrected chi connectivity index (χ0v) is 17.7. The summed E-state index contributed by atoms with van der Waals surface area (Å²) in [7, 11) is -1.67. The second-order valence-electron chi connectivity index (χ2n) is 7.43. The molecule has 0 saturated heterocycles. The summed E-state index contributed by atoms with van der Waals surface area (Å²) in [5.41, 5.74) is 1.81. The van der Waals surface area contributed by atoms with Crippen LogP contribution in [0.3, 0.4) is 0 Å². The molecule has 23 heavy (non-hydrogen) atoms. The molecule has 1 aliphatic heterocycles. The monoisotopic (exact) mass is 447 g/mol. The smallest absolute Gasteiger partial charge is 0.252 e. The number of hydrogen-bond donors (Lipinski definition) is 1. The van der Waals surface area contributed by atoms with E-state index in [1.807, 2.05) is 12.1 Å². The molecule has 0 unspecified atom stereocenters. The van der Waals surface area contributed by atoms with E-state index >= 15 is 0 Å². The largest absolute Gasteiger partial charge is 0.493 e. The Hall–Kier alpha value is -0.603. The van der Waals surface area contributed by atoms with Gasteiger partial charge in [0.1, 0.15) is 5.75 Å². The third-order valence-electron chi connectivity index (χ3n) is 4.64. The Morgan fingerprint density at radius 1 is 1.26 bits per heavy atom. The first-order chi connectivity index (χ1) is 10.6. The minimum Gasteiger partial charge on any atom is -0.493 e. The predicted molar refractivity (Wildman–Crippen MR) is 104 cm³/mol. The Morgan fingerprint density at radius 3 is 2.61 bits per heavy atom. The van der Waals surface area contributed by atoms with Crippen molar-refractivity contribution in [2.75, 3.05) is 13.2 Å². The molecule has 1 amide bonds. The van der Waals surface area contributed by atoms with E-state index in [2.05, 4.69) is 61.8 Å². The van der Waals surface area contributed by atoms with Crippen molar-refractivity contribution in [1.29, 1.82) is 0 Å². The standard InChI is InChI=1S/C17H26INO3Si/c1-17(2,3)23(4,5)22-8-6-7-21-13-9-12-11-19-16(20)15(12)14(18)10-13/h9-10H,6-8,11H2,1-5H3,(H,19,20). The molecule has 4 nitrogen and oxygen atoms in total. The number of carbonyl (C=O) groups is 1. The van der Waals surface area contributed by atoms with Gasteiger partial charge in [0.2, 0.25) is 0 Å². The molecule has 0 radical (unpaired) electrons. The second-order valence-corrected chi connectivity index (χ2v) is 13.4. The van der Waals surface area contributed by atoms with Gasteiger partial charge in [-0.25, -0.2) is 0 Å². The number of carbonyl (C=O) groups excluding carboxylic acids is 1. The van der Waals surface area contributed by atoms with Crippen LogP contribution in [0.15, 0.2) is 12.1 Å². The Balaban J connectivity index is 1.82. The molecule has 1 aliphatic rings. The number of rotatable bonds is 6. The molecule has 2 rings (SSSR count). The lowest BCUT2D eigenvalue weighted by Gasteiger charge is -2.36. The number of hydrogen-bond acceptors (Lipinski definition) is 3. The van der Waals surface area contributed by atoms with Crippen LogP contribution in [0, 0.1) is 3.57 Å². The molecule has 1 heterocycles. The highest BCUT2D eigenvalue weighted by molar-refractivity contribution is 14.1. The van der Waals surface area contributed by atoms with E-state index < -0.39 is 8.32 Å². The van der Waals surface area contributed by atoms with Crippen molar-refractivity contribution < 1.29 is 14.0 Å². The first kappa shape index (κ1) is 18.7. The lowest BCUT2D eigenvalue weighted by molar-refractivity contribution is 0.0965. The maximum Gasteiger partial charge on any atom is 0.252 e. The molecule has 0 atom stereocenters. The maximum atomic E-state index is 11.7. The van der Waals surface area contributed by atoms with Gasteiger partial charge in [-0.3, -0.25) is 4.79 Å². The normalized spacial score (nSPS) is 14.6. The van der Waals surface area contributed by atoms with Crippen molar-refractivity contribution in [3.63, 3.8) is 0 Å². The first-order valence-electron chi connectivity index (χ1n) is 7.99. The predicted octanol–water partition coefficient (Wildman–Crippen LogP) is 4.33. The van der Waals surface area contributed by atoms with E-state index in [0.29, 0.717) is 13.2 Å². The third kappa shape index (κ3) is 4.48. The molecule has 0 fully saturated rings. The molecule has 1 aromatic rings. The van der Waals surface area contributed by atoms with E-state index in [1.165, 1.54) is 0 Å². The van der Waals surface area contributed by atoms with Gasteiger partial charge in [-0.05, 0) is 58.4 Å². The van der Waals surface area contributed by atoms with Gasteiger partial charge < -0.3 is 14.5 Å². The van der Waals surface area contributed by atoms with Gasteiger partial charge in [0, 0.05) is 23.1 Å². The highest BCUT2D eigenvalue weighted by Gasteiger charge is 2.36. The average molecular weight is 447 g/mol. The molecule has 0 aliphatic carbocycles. The minimum atomic E-state index is -1.67. The molecular formula is C17H26INO3Si. The first-order valence-corrected chi connectivity index (χ1v) is 12.0. The van der Waals surface area contributed by atoms with Crippen LogP contribution in [0.2, 0.25) is 18.1 Å². The number of amides is 1. The molecule has 128 valence electrons. The van der Waals surface area contributed by atoms with Crippen molar-refractivity contribution in [1.82, 2.24) is 5.32 Å². The zero-order valence-electron chi connectivity index (χ0n) is 14.6. The second kappa shape index (κ2) is 7.10. The van der Waals surface area contributed by atoms with Crippen molar-refractivity contribution in [3.8, 4) is 5.75 Å². The molecule has 0 bridgehead atoms. The lowest BCUT2D eigenvalue weighted by atomic mass is 10.1. The quantitative estimate of drug-likeness (QED) is 0.401. The maximum absolute atomic E-state index is 11.7. The molecule has 1 aromatic carbocycles. The van der Waals surface area contributed by atoms with E-state index in [1.54, 1.807) is 0 Å². The number of fused-ring (bicyclic) bond motifs is 1. The van der Waals surface area contributed by atoms with Gasteiger partial charge in [0.15, 0.2) is 8.32 Å². The van der Waals surface area contributed by atoms with Crippen LogP contribution in [0.1, 0.15) is 43.1 Å². The third-order valence-corrected chi connectivity index (χ3v) is 10.0. The summed E-state index contributed by atoms with van der Waals surface area (Å²) >= 11 is 2.19.